The van der Waals surface area contributed by atoms with Crippen LogP contribution in [0.4, 0.5) is 11.5 Å². The summed E-state index contributed by atoms with van der Waals surface area (Å²) in [7, 11) is 0. The van der Waals surface area contributed by atoms with Crippen molar-refractivity contribution in [3.8, 4) is 11.4 Å². The number of aromatic nitrogens is 3. The van der Waals surface area contributed by atoms with Crippen molar-refractivity contribution >= 4 is 39.0 Å². The number of aryl methyl sites for hydroxylation is 1. The Balaban J connectivity index is 1.60. The number of fused-ring (bicyclic) bond motifs is 1. The molecule has 3 N–H and O–H groups in total. The molecule has 0 bridgehead atoms. The molecule has 0 aliphatic rings. The van der Waals surface area contributed by atoms with Crippen LogP contribution in [-0.2, 0) is 0 Å². The number of rotatable bonds is 3. The first-order valence-corrected chi connectivity index (χ1v) is 8.78. The molecule has 26 heavy (non-hydrogen) atoms. The Labute approximate surface area is 153 Å². The van der Waals surface area contributed by atoms with Crippen LogP contribution in [0.2, 0.25) is 0 Å². The number of thiazole rings is 1. The lowest BCUT2D eigenvalue weighted by atomic mass is 10.1. The minimum Gasteiger partial charge on any atom is -0.384 e. The van der Waals surface area contributed by atoms with Gasteiger partial charge < -0.3 is 11.1 Å². The minimum atomic E-state index is -0.198. The third-order valence-electron chi connectivity index (χ3n) is 3.81. The van der Waals surface area contributed by atoms with Crippen molar-refractivity contribution < 1.29 is 4.79 Å². The quantitative estimate of drug-likeness (QED) is 0.577. The van der Waals surface area contributed by atoms with Crippen molar-refractivity contribution in [3.63, 3.8) is 0 Å². The summed E-state index contributed by atoms with van der Waals surface area (Å²) in [5.74, 6) is 0.676. The first-order valence-electron chi connectivity index (χ1n) is 7.96. The second-order valence-electron chi connectivity index (χ2n) is 5.76. The van der Waals surface area contributed by atoms with Gasteiger partial charge in [-0.05, 0) is 43.3 Å². The molecule has 4 aromatic rings. The fourth-order valence-electron chi connectivity index (χ4n) is 2.63. The van der Waals surface area contributed by atoms with E-state index in [2.05, 4.69) is 20.3 Å². The van der Waals surface area contributed by atoms with Gasteiger partial charge in [0.05, 0.1) is 15.2 Å². The van der Waals surface area contributed by atoms with Crippen LogP contribution in [0.25, 0.3) is 21.6 Å². The van der Waals surface area contributed by atoms with Crippen molar-refractivity contribution in [1.29, 1.82) is 0 Å². The zero-order chi connectivity index (χ0) is 18.1. The largest absolute Gasteiger partial charge is 0.384 e. The number of nitrogens with one attached hydrogen (secondary N) is 1. The molecule has 2 heterocycles. The van der Waals surface area contributed by atoms with E-state index in [0.29, 0.717) is 17.2 Å². The first-order chi connectivity index (χ1) is 12.6. The summed E-state index contributed by atoms with van der Waals surface area (Å²) in [5, 5.41) is 3.92. The van der Waals surface area contributed by atoms with Gasteiger partial charge >= 0.3 is 0 Å². The highest BCUT2D eigenvalue weighted by Crippen LogP contribution is 2.25. The monoisotopic (exact) mass is 361 g/mol. The van der Waals surface area contributed by atoms with Crippen molar-refractivity contribution in [2.75, 3.05) is 11.1 Å². The molecule has 0 aliphatic carbocycles. The predicted molar refractivity (Wildman–Crippen MR) is 104 cm³/mol. The lowest BCUT2D eigenvalue weighted by Crippen LogP contribution is -2.11. The molecule has 128 valence electrons. The van der Waals surface area contributed by atoms with Gasteiger partial charge in [-0.25, -0.2) is 15.0 Å². The number of nitrogens with zero attached hydrogens (tertiary/aromatic N) is 3. The second kappa shape index (κ2) is 6.53. The minimum absolute atomic E-state index is 0.198. The maximum absolute atomic E-state index is 12.6. The molecule has 6 nitrogen and oxygen atoms in total. The SMILES string of the molecule is Cc1nc2ccc(NC(=O)c3cccc(-c4nccc(N)n4)c3)cc2s1. The number of nitrogens with two attached hydrogens (primary N) is 1. The third kappa shape index (κ3) is 3.25. The summed E-state index contributed by atoms with van der Waals surface area (Å²) in [5.41, 5.74) is 8.64. The first kappa shape index (κ1) is 16.2. The van der Waals surface area contributed by atoms with Gasteiger partial charge in [0.25, 0.3) is 5.91 Å². The molecule has 0 atom stereocenters. The summed E-state index contributed by atoms with van der Waals surface area (Å²) in [6, 6.07) is 14.5. The normalized spacial score (nSPS) is 10.8. The van der Waals surface area contributed by atoms with Gasteiger partial charge in [0.1, 0.15) is 5.82 Å². The molecule has 0 saturated carbocycles. The van der Waals surface area contributed by atoms with Gasteiger partial charge in [-0.2, -0.15) is 0 Å². The van der Waals surface area contributed by atoms with Gasteiger partial charge in [-0.3, -0.25) is 4.79 Å². The maximum atomic E-state index is 12.6. The number of anilines is 2. The molecule has 0 unspecified atom stereocenters. The highest BCUT2D eigenvalue weighted by atomic mass is 32.1. The van der Waals surface area contributed by atoms with Gasteiger partial charge in [0.15, 0.2) is 5.82 Å². The molecule has 0 saturated heterocycles. The number of hydrogen-bond acceptors (Lipinski definition) is 6. The van der Waals surface area contributed by atoms with E-state index in [1.807, 2.05) is 31.2 Å². The Morgan fingerprint density at radius 1 is 1.12 bits per heavy atom. The van der Waals surface area contributed by atoms with E-state index >= 15 is 0 Å². The molecule has 4 rings (SSSR count). The smallest absolute Gasteiger partial charge is 0.255 e. The van der Waals surface area contributed by atoms with E-state index < -0.39 is 0 Å². The summed E-state index contributed by atoms with van der Waals surface area (Å²) >= 11 is 1.60. The molecule has 0 aliphatic heterocycles. The average molecular weight is 361 g/mol. The van der Waals surface area contributed by atoms with Gasteiger partial charge in [-0.15, -0.1) is 11.3 Å². The highest BCUT2D eigenvalue weighted by Gasteiger charge is 2.10. The fraction of sp³-hybridized carbons (Fsp3) is 0.0526. The Bertz CT molecular complexity index is 1120. The van der Waals surface area contributed by atoms with Crippen LogP contribution in [0.5, 0.6) is 0 Å². The van der Waals surface area contributed by atoms with Crippen LogP contribution < -0.4 is 11.1 Å². The average Bonchev–Trinajstić information content (AvgIpc) is 3.01. The lowest BCUT2D eigenvalue weighted by Gasteiger charge is -2.07. The van der Waals surface area contributed by atoms with E-state index in [1.54, 1.807) is 41.8 Å². The van der Waals surface area contributed by atoms with Crippen molar-refractivity contribution in [2.45, 2.75) is 6.92 Å². The summed E-state index contributed by atoms with van der Waals surface area (Å²) < 4.78 is 1.04. The van der Waals surface area contributed by atoms with Gasteiger partial charge in [0.2, 0.25) is 0 Å². The second-order valence-corrected chi connectivity index (χ2v) is 6.99. The number of carbonyl (C=O) groups excluding carboxylic acids is 1. The molecule has 7 heteroatoms. The molecule has 0 fully saturated rings. The maximum Gasteiger partial charge on any atom is 0.255 e. The van der Waals surface area contributed by atoms with Crippen LogP contribution in [0.1, 0.15) is 15.4 Å². The van der Waals surface area contributed by atoms with Crippen molar-refractivity contribution in [2.24, 2.45) is 0 Å². The van der Waals surface area contributed by atoms with E-state index in [4.69, 9.17) is 5.73 Å². The Morgan fingerprint density at radius 2 is 2.00 bits per heavy atom. The van der Waals surface area contributed by atoms with Crippen molar-refractivity contribution in [3.05, 3.63) is 65.3 Å². The number of hydrogen-bond donors (Lipinski definition) is 2. The zero-order valence-corrected chi connectivity index (χ0v) is 14.7. The highest BCUT2D eigenvalue weighted by molar-refractivity contribution is 7.18. The van der Waals surface area contributed by atoms with Crippen LogP contribution in [0.15, 0.2) is 54.7 Å². The van der Waals surface area contributed by atoms with E-state index in [-0.39, 0.29) is 5.91 Å². The molecule has 0 radical (unpaired) electrons. The zero-order valence-electron chi connectivity index (χ0n) is 13.9. The molecule has 0 spiro atoms. The number of amides is 1. The summed E-state index contributed by atoms with van der Waals surface area (Å²) in [6.07, 6.45) is 1.59. The number of benzene rings is 2. The summed E-state index contributed by atoms with van der Waals surface area (Å²) in [6.45, 7) is 1.97. The standard InChI is InChI=1S/C19H15N5OS/c1-11-22-15-6-5-14(10-16(15)26-11)23-19(25)13-4-2-3-12(9-13)18-21-8-7-17(20)24-18/h2-10H,1H3,(H,23,25)(H2,20,21,24). The van der Waals surface area contributed by atoms with Crippen LogP contribution in [0, 0.1) is 6.92 Å². The molecular weight excluding hydrogens is 346 g/mol. The van der Waals surface area contributed by atoms with Crippen LogP contribution >= 0.6 is 11.3 Å². The van der Waals surface area contributed by atoms with Gasteiger partial charge in [0, 0.05) is 23.0 Å². The third-order valence-corrected chi connectivity index (χ3v) is 4.75. The van der Waals surface area contributed by atoms with Crippen LogP contribution in [-0.4, -0.2) is 20.9 Å². The predicted octanol–water partition coefficient (Wildman–Crippen LogP) is 3.90. The Kier molecular flexibility index (Phi) is 4.06. The van der Waals surface area contributed by atoms with E-state index in [1.165, 1.54) is 0 Å². The fourth-order valence-corrected chi connectivity index (χ4v) is 3.50. The number of carbonyl (C=O) groups is 1. The van der Waals surface area contributed by atoms with Crippen LogP contribution in [0.3, 0.4) is 0 Å². The molecular formula is C19H15N5OS. The lowest BCUT2D eigenvalue weighted by molar-refractivity contribution is 0.102. The summed E-state index contributed by atoms with van der Waals surface area (Å²) in [4.78, 5) is 25.4. The van der Waals surface area contributed by atoms with E-state index in [9.17, 15) is 4.79 Å². The topological polar surface area (TPSA) is 93.8 Å². The Hall–Kier alpha value is -3.32. The van der Waals surface area contributed by atoms with Gasteiger partial charge in [-0.1, -0.05) is 12.1 Å². The molecule has 2 aromatic carbocycles. The van der Waals surface area contributed by atoms with E-state index in [0.717, 1.165) is 26.5 Å². The number of nitrogen functional groups attached to an aromatic ring is 1. The Morgan fingerprint density at radius 3 is 2.85 bits per heavy atom. The van der Waals surface area contributed by atoms with Crippen molar-refractivity contribution in [1.82, 2.24) is 15.0 Å². The molecule has 1 amide bonds. The molecule has 2 aromatic heterocycles.